The molecule has 0 atom stereocenters. The summed E-state index contributed by atoms with van der Waals surface area (Å²) in [6.07, 6.45) is 0. The quantitative estimate of drug-likeness (QED) is 0.760. The molecule has 0 radical (unpaired) electrons. The van der Waals surface area contributed by atoms with E-state index in [2.05, 4.69) is 15.9 Å². The lowest BCUT2D eigenvalue weighted by Crippen LogP contribution is -2.16. The molecule has 2 rings (SSSR count). The van der Waals surface area contributed by atoms with Crippen LogP contribution in [-0.4, -0.2) is 27.1 Å². The van der Waals surface area contributed by atoms with Crippen LogP contribution in [0, 0.1) is 0 Å². The first kappa shape index (κ1) is 15.7. The van der Waals surface area contributed by atoms with E-state index in [1.54, 1.807) is 36.4 Å². The molecule has 21 heavy (non-hydrogen) atoms. The predicted octanol–water partition coefficient (Wildman–Crippen LogP) is 3.11. The monoisotopic (exact) mass is 368 g/mol. The van der Waals surface area contributed by atoms with E-state index in [1.807, 2.05) is 0 Å². The summed E-state index contributed by atoms with van der Waals surface area (Å²) in [7, 11) is -2.13. The Bertz CT molecular complexity index is 751. The Balaban J connectivity index is 2.21. The number of benzene rings is 2. The lowest BCUT2D eigenvalue weighted by molar-refractivity contribution is 0.102. The van der Waals surface area contributed by atoms with Gasteiger partial charge in [0.15, 0.2) is 15.6 Å². The summed E-state index contributed by atoms with van der Waals surface area (Å²) in [5.41, 5.74) is 0.342. The second-order valence-corrected chi connectivity index (χ2v) is 7.27. The molecule has 0 aliphatic heterocycles. The molecule has 0 bridgehead atoms. The van der Waals surface area contributed by atoms with Crippen LogP contribution >= 0.6 is 15.9 Å². The fourth-order valence-corrected chi connectivity index (χ4v) is 3.60. The van der Waals surface area contributed by atoms with Crippen molar-refractivity contribution in [1.82, 2.24) is 0 Å². The molecule has 6 heteroatoms. The van der Waals surface area contributed by atoms with Crippen LogP contribution in [0.5, 0.6) is 5.75 Å². The Labute approximate surface area is 131 Å². The van der Waals surface area contributed by atoms with Crippen LogP contribution in [0.4, 0.5) is 0 Å². The molecular formula is C15H13BrO4S. The third kappa shape index (κ3) is 3.92. The second-order valence-electron chi connectivity index (χ2n) is 4.37. The van der Waals surface area contributed by atoms with E-state index in [9.17, 15) is 13.2 Å². The van der Waals surface area contributed by atoms with Crippen molar-refractivity contribution in [2.24, 2.45) is 0 Å². The van der Waals surface area contributed by atoms with Gasteiger partial charge in [0.05, 0.1) is 12.0 Å². The largest absolute Gasteiger partial charge is 0.497 e. The zero-order chi connectivity index (χ0) is 15.5. The number of carbonyl (C=O) groups is 1. The van der Waals surface area contributed by atoms with Gasteiger partial charge in [0.25, 0.3) is 0 Å². The summed E-state index contributed by atoms with van der Waals surface area (Å²) in [5, 5.41) is 0. The maximum absolute atomic E-state index is 12.2. The molecule has 0 saturated carbocycles. The minimum atomic E-state index is -3.66. The average Bonchev–Trinajstić information content (AvgIpc) is 2.47. The lowest BCUT2D eigenvalue weighted by Gasteiger charge is -2.05. The van der Waals surface area contributed by atoms with Gasteiger partial charge in [-0.15, -0.1) is 0 Å². The van der Waals surface area contributed by atoms with Gasteiger partial charge in [0, 0.05) is 10.0 Å². The Morgan fingerprint density at radius 1 is 1.14 bits per heavy atom. The fourth-order valence-electron chi connectivity index (χ4n) is 1.78. The standard InChI is InChI=1S/C15H13BrO4S/c1-20-13-7-5-11(6-8-13)15(17)10-21(18,19)14-4-2-3-12(16)9-14/h2-9H,10H2,1H3. The van der Waals surface area contributed by atoms with Crippen molar-refractivity contribution < 1.29 is 17.9 Å². The molecule has 0 saturated heterocycles. The molecule has 2 aromatic rings. The van der Waals surface area contributed by atoms with Gasteiger partial charge in [-0.3, -0.25) is 4.79 Å². The molecule has 0 amide bonds. The van der Waals surface area contributed by atoms with Gasteiger partial charge in [-0.25, -0.2) is 8.42 Å². The molecule has 0 spiro atoms. The van der Waals surface area contributed by atoms with Crippen LogP contribution in [0.15, 0.2) is 57.9 Å². The number of methoxy groups -OCH3 is 1. The lowest BCUT2D eigenvalue weighted by atomic mass is 10.1. The van der Waals surface area contributed by atoms with Crippen LogP contribution in [-0.2, 0) is 9.84 Å². The number of ether oxygens (including phenoxy) is 1. The van der Waals surface area contributed by atoms with E-state index < -0.39 is 21.4 Å². The van der Waals surface area contributed by atoms with Gasteiger partial charge in [0.2, 0.25) is 0 Å². The third-order valence-corrected chi connectivity index (χ3v) is 5.00. The van der Waals surface area contributed by atoms with Crippen LogP contribution in [0.3, 0.4) is 0 Å². The van der Waals surface area contributed by atoms with Gasteiger partial charge in [-0.2, -0.15) is 0 Å². The van der Waals surface area contributed by atoms with E-state index in [-0.39, 0.29) is 4.90 Å². The molecule has 2 aromatic carbocycles. The zero-order valence-electron chi connectivity index (χ0n) is 11.2. The number of carbonyl (C=O) groups excluding carboxylic acids is 1. The van der Waals surface area contributed by atoms with Gasteiger partial charge in [-0.05, 0) is 42.5 Å². The second kappa shape index (κ2) is 6.41. The van der Waals surface area contributed by atoms with Crippen LogP contribution in [0.2, 0.25) is 0 Å². The number of hydrogen-bond acceptors (Lipinski definition) is 4. The van der Waals surface area contributed by atoms with Crippen LogP contribution in [0.25, 0.3) is 0 Å². The molecule has 4 nitrogen and oxygen atoms in total. The molecule has 0 aliphatic rings. The van der Waals surface area contributed by atoms with E-state index in [4.69, 9.17) is 4.74 Å². The first-order valence-corrected chi connectivity index (χ1v) is 8.52. The van der Waals surface area contributed by atoms with Gasteiger partial charge >= 0.3 is 0 Å². The van der Waals surface area contributed by atoms with Gasteiger partial charge in [-0.1, -0.05) is 22.0 Å². The molecule has 0 aliphatic carbocycles. The third-order valence-electron chi connectivity index (χ3n) is 2.89. The van der Waals surface area contributed by atoms with Crippen molar-refractivity contribution >= 4 is 31.6 Å². The number of sulfone groups is 1. The Morgan fingerprint density at radius 2 is 1.81 bits per heavy atom. The molecule has 0 fully saturated rings. The summed E-state index contributed by atoms with van der Waals surface area (Å²) in [4.78, 5) is 12.2. The SMILES string of the molecule is COc1ccc(C(=O)CS(=O)(=O)c2cccc(Br)c2)cc1. The van der Waals surface area contributed by atoms with Gasteiger partial charge < -0.3 is 4.74 Å². The highest BCUT2D eigenvalue weighted by atomic mass is 79.9. The molecule has 110 valence electrons. The van der Waals surface area contributed by atoms with Crippen molar-refractivity contribution in [1.29, 1.82) is 0 Å². The number of rotatable bonds is 5. The normalized spacial score (nSPS) is 11.1. The van der Waals surface area contributed by atoms with E-state index in [0.717, 1.165) is 0 Å². The minimum absolute atomic E-state index is 0.124. The van der Waals surface area contributed by atoms with Crippen molar-refractivity contribution in [2.75, 3.05) is 12.9 Å². The highest BCUT2D eigenvalue weighted by Gasteiger charge is 2.20. The molecule has 0 heterocycles. The maximum Gasteiger partial charge on any atom is 0.185 e. The Morgan fingerprint density at radius 3 is 2.38 bits per heavy atom. The molecule has 0 N–H and O–H groups in total. The summed E-state index contributed by atoms with van der Waals surface area (Å²) in [6.45, 7) is 0. The Kier molecular flexibility index (Phi) is 4.80. The molecule has 0 aromatic heterocycles. The number of halogens is 1. The highest BCUT2D eigenvalue weighted by Crippen LogP contribution is 2.19. The van der Waals surface area contributed by atoms with E-state index in [0.29, 0.717) is 15.8 Å². The maximum atomic E-state index is 12.2. The first-order valence-electron chi connectivity index (χ1n) is 6.08. The van der Waals surface area contributed by atoms with Crippen molar-refractivity contribution in [3.8, 4) is 5.75 Å². The minimum Gasteiger partial charge on any atom is -0.497 e. The summed E-state index contributed by atoms with van der Waals surface area (Å²) < 4.78 is 30.1. The van der Waals surface area contributed by atoms with Crippen LogP contribution in [0.1, 0.15) is 10.4 Å². The van der Waals surface area contributed by atoms with Crippen molar-refractivity contribution in [2.45, 2.75) is 4.90 Å². The first-order chi connectivity index (χ1) is 9.92. The summed E-state index contributed by atoms with van der Waals surface area (Å²) in [6, 6.07) is 12.7. The average molecular weight is 369 g/mol. The number of hydrogen-bond donors (Lipinski definition) is 0. The van der Waals surface area contributed by atoms with Crippen LogP contribution < -0.4 is 4.74 Å². The molecular weight excluding hydrogens is 356 g/mol. The Hall–Kier alpha value is -1.66. The fraction of sp³-hybridized carbons (Fsp3) is 0.133. The predicted molar refractivity (Wildman–Crippen MR) is 83.5 cm³/mol. The van der Waals surface area contributed by atoms with Crippen molar-refractivity contribution in [3.05, 3.63) is 58.6 Å². The zero-order valence-corrected chi connectivity index (χ0v) is 13.6. The van der Waals surface area contributed by atoms with Gasteiger partial charge in [0.1, 0.15) is 11.5 Å². The number of ketones is 1. The van der Waals surface area contributed by atoms with E-state index >= 15 is 0 Å². The topological polar surface area (TPSA) is 60.4 Å². The van der Waals surface area contributed by atoms with Crippen molar-refractivity contribution in [3.63, 3.8) is 0 Å². The van der Waals surface area contributed by atoms with E-state index in [1.165, 1.54) is 19.2 Å². The molecule has 0 unspecified atom stereocenters. The highest BCUT2D eigenvalue weighted by molar-refractivity contribution is 9.10. The summed E-state index contributed by atoms with van der Waals surface area (Å²) in [5.74, 6) is -0.394. The smallest absolute Gasteiger partial charge is 0.185 e. The number of Topliss-reactive ketones (excluding diaryl/α,β-unsaturated/α-hetero) is 1. The summed E-state index contributed by atoms with van der Waals surface area (Å²) >= 11 is 3.22.